The molecule has 3 aromatic rings. The van der Waals surface area contributed by atoms with E-state index in [4.69, 9.17) is 4.74 Å². The lowest BCUT2D eigenvalue weighted by Gasteiger charge is -2.33. The molecule has 1 aromatic heterocycles. The monoisotopic (exact) mass is 358 g/mol. The maximum absolute atomic E-state index is 12.4. The van der Waals surface area contributed by atoms with Gasteiger partial charge in [0.05, 0.1) is 28.2 Å². The van der Waals surface area contributed by atoms with Gasteiger partial charge in [-0.3, -0.25) is 9.78 Å². The Hall–Kier alpha value is -3.46. The molecule has 0 unspecified atom stereocenters. The zero-order valence-electron chi connectivity index (χ0n) is 15.3. The molecule has 1 aliphatic heterocycles. The van der Waals surface area contributed by atoms with Crippen molar-refractivity contribution in [1.82, 2.24) is 9.97 Å². The predicted octanol–water partition coefficient (Wildman–Crippen LogP) is 3.79. The van der Waals surface area contributed by atoms with Crippen LogP contribution in [0.15, 0.2) is 46.2 Å². The number of nitrogens with one attached hydrogen (secondary N) is 1. The summed E-state index contributed by atoms with van der Waals surface area (Å²) in [5, 5.41) is 9.74. The lowest BCUT2D eigenvalue weighted by atomic mass is 9.91. The molecule has 2 aromatic carbocycles. The molecule has 6 nitrogen and oxygen atoms in total. The molecule has 0 fully saturated rings. The molecule has 27 heavy (non-hydrogen) atoms. The summed E-state index contributed by atoms with van der Waals surface area (Å²) in [6.45, 7) is 5.88. The van der Waals surface area contributed by atoms with E-state index in [1.165, 1.54) is 0 Å². The highest BCUT2D eigenvalue weighted by molar-refractivity contribution is 6.05. The van der Waals surface area contributed by atoms with Crippen molar-refractivity contribution in [3.05, 3.63) is 63.4 Å². The van der Waals surface area contributed by atoms with Crippen LogP contribution in [-0.4, -0.2) is 21.3 Å². The van der Waals surface area contributed by atoms with E-state index in [1.54, 1.807) is 18.2 Å². The second-order valence-corrected chi connectivity index (χ2v) is 7.33. The number of rotatable bonds is 1. The Kier molecular flexibility index (Phi) is 3.81. The number of fused-ring (bicyclic) bond motifs is 2. The average Bonchev–Trinajstić information content (AvgIpc) is 2.61. The lowest BCUT2D eigenvalue weighted by molar-refractivity contribution is 0.111. The fraction of sp³-hybridized carbons (Fsp3) is 0.238. The number of aromatic nitrogens is 2. The number of benzene rings is 2. The van der Waals surface area contributed by atoms with Crippen LogP contribution in [0.2, 0.25) is 0 Å². The van der Waals surface area contributed by atoms with E-state index in [2.05, 4.69) is 21.0 Å². The van der Waals surface area contributed by atoms with Gasteiger partial charge in [-0.15, -0.1) is 0 Å². The predicted molar refractivity (Wildman–Crippen MR) is 104 cm³/mol. The zero-order valence-corrected chi connectivity index (χ0v) is 15.3. The maximum Gasteiger partial charge on any atom is 0.260 e. The summed E-state index contributed by atoms with van der Waals surface area (Å²) >= 11 is 0. The Balaban J connectivity index is 1.89. The molecule has 134 valence electrons. The minimum Gasteiger partial charge on any atom is -0.487 e. The smallest absolute Gasteiger partial charge is 0.260 e. The minimum atomic E-state index is -0.450. The number of hydrogen-bond acceptors (Lipinski definition) is 5. The highest BCUT2D eigenvalue weighted by Crippen LogP contribution is 2.34. The first-order valence-corrected chi connectivity index (χ1v) is 8.66. The molecule has 1 N–H and O–H groups in total. The summed E-state index contributed by atoms with van der Waals surface area (Å²) < 4.78 is 6.01. The first kappa shape index (κ1) is 17.0. The van der Waals surface area contributed by atoms with Gasteiger partial charge in [-0.1, -0.05) is 11.6 Å². The van der Waals surface area contributed by atoms with Crippen molar-refractivity contribution in [2.45, 2.75) is 32.8 Å². The molecule has 0 amide bonds. The molecule has 0 spiro atoms. The minimum absolute atomic E-state index is 0.222. The first-order chi connectivity index (χ1) is 12.8. The van der Waals surface area contributed by atoms with Gasteiger partial charge in [0.2, 0.25) is 5.95 Å². The third-order valence-electron chi connectivity index (χ3n) is 4.49. The molecule has 0 radical (unpaired) electrons. The molecule has 0 saturated carbocycles. The lowest BCUT2D eigenvalue weighted by Crippen LogP contribution is -2.36. The van der Waals surface area contributed by atoms with Crippen LogP contribution >= 0.6 is 0 Å². The highest BCUT2D eigenvalue weighted by atomic mass is 16.5. The van der Waals surface area contributed by atoms with Crippen LogP contribution in [0.25, 0.3) is 10.9 Å². The van der Waals surface area contributed by atoms with Crippen LogP contribution in [-0.2, 0) is 0 Å². The van der Waals surface area contributed by atoms with E-state index in [9.17, 15) is 10.1 Å². The first-order valence-electron chi connectivity index (χ1n) is 8.66. The molecular weight excluding hydrogens is 340 g/mol. The number of aryl methyl sites for hydroxylation is 1. The van der Waals surface area contributed by atoms with Gasteiger partial charge in [0, 0.05) is 12.0 Å². The van der Waals surface area contributed by atoms with Crippen molar-refractivity contribution in [2.24, 2.45) is 4.99 Å². The molecular formula is C21H18N4O2. The Bertz CT molecular complexity index is 1200. The van der Waals surface area contributed by atoms with Crippen LogP contribution in [0, 0.1) is 18.3 Å². The molecule has 0 saturated heterocycles. The van der Waals surface area contributed by atoms with Crippen molar-refractivity contribution in [1.29, 1.82) is 5.26 Å². The fourth-order valence-electron chi connectivity index (χ4n) is 3.27. The molecule has 0 atom stereocenters. The standard InChI is InChI=1S/C21H18N4O2/c1-12-4-6-16-15(8-12)19(26)25-20(23-16)24-17-10-21(2,3)27-18-7-5-13(11-22)9-14(17)18/h4-9H,10H2,1-3H3,(H,23,25,26)/b24-17-. The van der Waals surface area contributed by atoms with E-state index in [0.29, 0.717) is 28.6 Å². The SMILES string of the molecule is Cc1ccc2nc(/N=C3/CC(C)(C)Oc4ccc(C#N)cc43)[nH]c(=O)c2c1. The average molecular weight is 358 g/mol. The van der Waals surface area contributed by atoms with Crippen LogP contribution in [0.3, 0.4) is 0 Å². The number of hydrogen-bond donors (Lipinski definition) is 1. The number of nitrogens with zero attached hydrogens (tertiary/aromatic N) is 3. The molecule has 0 bridgehead atoms. The summed E-state index contributed by atoms with van der Waals surface area (Å²) in [6, 6.07) is 12.9. The Morgan fingerprint density at radius 3 is 2.85 bits per heavy atom. The van der Waals surface area contributed by atoms with Gasteiger partial charge in [-0.25, -0.2) is 9.98 Å². The van der Waals surface area contributed by atoms with Gasteiger partial charge < -0.3 is 4.74 Å². The van der Waals surface area contributed by atoms with Crippen molar-refractivity contribution >= 4 is 22.6 Å². The maximum atomic E-state index is 12.4. The number of H-pyrrole nitrogens is 1. The van der Waals surface area contributed by atoms with Gasteiger partial charge in [0.15, 0.2) is 0 Å². The highest BCUT2D eigenvalue weighted by Gasteiger charge is 2.31. The van der Waals surface area contributed by atoms with E-state index in [0.717, 1.165) is 16.8 Å². The number of nitriles is 1. The Morgan fingerprint density at radius 1 is 1.26 bits per heavy atom. The summed E-state index contributed by atoms with van der Waals surface area (Å²) in [6.07, 6.45) is 0.532. The summed E-state index contributed by atoms with van der Waals surface area (Å²) in [4.78, 5) is 24.3. The van der Waals surface area contributed by atoms with Gasteiger partial charge >= 0.3 is 0 Å². The molecule has 0 aliphatic carbocycles. The fourth-order valence-corrected chi connectivity index (χ4v) is 3.27. The third-order valence-corrected chi connectivity index (χ3v) is 4.49. The molecule has 1 aliphatic rings. The van der Waals surface area contributed by atoms with Gasteiger partial charge in [-0.05, 0) is 51.1 Å². The quantitative estimate of drug-likeness (QED) is 0.716. The second kappa shape index (κ2) is 6.06. The van der Waals surface area contributed by atoms with Gasteiger partial charge in [0.1, 0.15) is 11.4 Å². The summed E-state index contributed by atoms with van der Waals surface area (Å²) in [5.41, 5.74) is 2.93. The Morgan fingerprint density at radius 2 is 2.07 bits per heavy atom. The van der Waals surface area contributed by atoms with Crippen molar-refractivity contribution in [3.63, 3.8) is 0 Å². The van der Waals surface area contributed by atoms with Crippen molar-refractivity contribution in [3.8, 4) is 11.8 Å². The second-order valence-electron chi connectivity index (χ2n) is 7.33. The number of aliphatic imine (C=N–C) groups is 1. The van der Waals surface area contributed by atoms with E-state index >= 15 is 0 Å². The summed E-state index contributed by atoms with van der Waals surface area (Å²) in [5.74, 6) is 0.917. The van der Waals surface area contributed by atoms with Gasteiger partial charge in [-0.2, -0.15) is 5.26 Å². The topological polar surface area (TPSA) is 91.1 Å². The van der Waals surface area contributed by atoms with Crippen LogP contribution in [0.4, 0.5) is 5.95 Å². The number of aromatic amines is 1. The molecule has 6 heteroatoms. The number of ether oxygens (including phenoxy) is 1. The van der Waals surface area contributed by atoms with Crippen LogP contribution in [0.5, 0.6) is 5.75 Å². The van der Waals surface area contributed by atoms with E-state index in [1.807, 2.05) is 39.0 Å². The summed E-state index contributed by atoms with van der Waals surface area (Å²) in [7, 11) is 0. The van der Waals surface area contributed by atoms with E-state index < -0.39 is 5.60 Å². The Labute approximate surface area is 156 Å². The van der Waals surface area contributed by atoms with Crippen molar-refractivity contribution in [2.75, 3.05) is 0 Å². The molecule has 2 heterocycles. The van der Waals surface area contributed by atoms with Gasteiger partial charge in [0.25, 0.3) is 5.56 Å². The largest absolute Gasteiger partial charge is 0.487 e. The third kappa shape index (κ3) is 3.20. The normalized spacial score (nSPS) is 16.6. The van der Waals surface area contributed by atoms with E-state index in [-0.39, 0.29) is 11.5 Å². The zero-order chi connectivity index (χ0) is 19.2. The van der Waals surface area contributed by atoms with Crippen molar-refractivity contribution < 1.29 is 4.74 Å². The van der Waals surface area contributed by atoms with Crippen LogP contribution < -0.4 is 10.3 Å². The van der Waals surface area contributed by atoms with Crippen LogP contribution in [0.1, 0.15) is 37.0 Å². The molecule has 4 rings (SSSR count).